The fraction of sp³-hybridized carbons (Fsp3) is 0.278. The molecule has 3 heteroatoms. The molecule has 0 aliphatic carbocycles. The van der Waals surface area contributed by atoms with E-state index in [1.54, 1.807) is 0 Å². The van der Waals surface area contributed by atoms with Crippen molar-refractivity contribution in [2.75, 3.05) is 13.6 Å². The van der Waals surface area contributed by atoms with Gasteiger partial charge in [0, 0.05) is 12.1 Å². The molecule has 0 aromatic heterocycles. The van der Waals surface area contributed by atoms with Crippen LogP contribution in [0, 0.1) is 0 Å². The summed E-state index contributed by atoms with van der Waals surface area (Å²) in [5.41, 5.74) is 4.36. The molecule has 2 aromatic rings. The second kappa shape index (κ2) is 4.71. The van der Waals surface area contributed by atoms with Gasteiger partial charge >= 0.3 is 5.97 Å². The van der Waals surface area contributed by atoms with Crippen LogP contribution in [0.5, 0.6) is 0 Å². The van der Waals surface area contributed by atoms with Crippen molar-refractivity contribution in [3.8, 4) is 0 Å². The number of carbonyl (C=O) groups is 1. The molecule has 2 heterocycles. The number of rotatable bonds is 1. The summed E-state index contributed by atoms with van der Waals surface area (Å²) in [7, 11) is 2.11. The minimum atomic E-state index is -0.208. The highest BCUT2D eigenvalue weighted by atomic mass is 16.5. The van der Waals surface area contributed by atoms with E-state index in [4.69, 9.17) is 4.74 Å². The summed E-state index contributed by atoms with van der Waals surface area (Å²) in [6.07, 6.45) is 0.839. The summed E-state index contributed by atoms with van der Waals surface area (Å²) in [5.74, 6) is -0.202. The van der Waals surface area contributed by atoms with Crippen LogP contribution in [-0.2, 0) is 11.2 Å². The van der Waals surface area contributed by atoms with Gasteiger partial charge in [-0.2, -0.15) is 0 Å². The summed E-state index contributed by atoms with van der Waals surface area (Å²) in [6, 6.07) is 16.3. The molecule has 0 amide bonds. The lowest BCUT2D eigenvalue weighted by Crippen LogP contribution is -2.35. The molecule has 106 valence electrons. The molecule has 0 bridgehead atoms. The molecule has 0 N–H and O–H groups in total. The summed E-state index contributed by atoms with van der Waals surface area (Å²) in [4.78, 5) is 14.4. The van der Waals surface area contributed by atoms with Crippen molar-refractivity contribution < 1.29 is 9.53 Å². The van der Waals surface area contributed by atoms with Gasteiger partial charge in [-0.05, 0) is 30.7 Å². The number of fused-ring (bicyclic) bond motifs is 2. The molecule has 0 saturated carbocycles. The molecule has 21 heavy (non-hydrogen) atoms. The Labute approximate surface area is 124 Å². The molecule has 0 unspecified atom stereocenters. The minimum absolute atomic E-state index is 0.0996. The van der Waals surface area contributed by atoms with Crippen molar-refractivity contribution >= 4 is 5.97 Å². The van der Waals surface area contributed by atoms with E-state index in [-0.39, 0.29) is 18.1 Å². The van der Waals surface area contributed by atoms with Gasteiger partial charge in [0.2, 0.25) is 0 Å². The molecule has 3 nitrogen and oxygen atoms in total. The number of cyclic esters (lactones) is 1. The quantitative estimate of drug-likeness (QED) is 0.751. The van der Waals surface area contributed by atoms with Crippen LogP contribution in [-0.4, -0.2) is 24.5 Å². The molecule has 4 rings (SSSR count). The minimum Gasteiger partial charge on any atom is -0.452 e. The third-order valence-electron chi connectivity index (χ3n) is 4.59. The average molecular weight is 279 g/mol. The third-order valence-corrected chi connectivity index (χ3v) is 4.59. The first-order chi connectivity index (χ1) is 10.3. The Kier molecular flexibility index (Phi) is 2.82. The molecule has 2 aliphatic heterocycles. The Morgan fingerprint density at radius 3 is 2.62 bits per heavy atom. The molecule has 0 radical (unpaired) electrons. The SMILES string of the molecule is CN1CCc2ccccc2[C@@H]1[C@H]1OC(=O)c2ccccc21. The highest BCUT2D eigenvalue weighted by Gasteiger charge is 2.40. The number of hydrogen-bond acceptors (Lipinski definition) is 3. The van der Waals surface area contributed by atoms with Gasteiger partial charge in [-0.3, -0.25) is 4.90 Å². The first-order valence-corrected chi connectivity index (χ1v) is 7.33. The van der Waals surface area contributed by atoms with Gasteiger partial charge in [0.05, 0.1) is 11.6 Å². The van der Waals surface area contributed by atoms with Crippen LogP contribution in [0.4, 0.5) is 0 Å². The van der Waals surface area contributed by atoms with Gasteiger partial charge in [-0.15, -0.1) is 0 Å². The fourth-order valence-corrected chi connectivity index (χ4v) is 3.53. The largest absolute Gasteiger partial charge is 0.452 e. The van der Waals surface area contributed by atoms with Gasteiger partial charge in [-0.25, -0.2) is 4.79 Å². The van der Waals surface area contributed by atoms with Crippen LogP contribution >= 0.6 is 0 Å². The zero-order valence-electron chi connectivity index (χ0n) is 12.0. The molecule has 2 aromatic carbocycles. The van der Waals surface area contributed by atoms with Crippen molar-refractivity contribution in [2.24, 2.45) is 0 Å². The van der Waals surface area contributed by atoms with Crippen LogP contribution in [0.1, 0.15) is 39.2 Å². The summed E-state index contributed by atoms with van der Waals surface area (Å²) >= 11 is 0. The molecule has 0 fully saturated rings. The van der Waals surface area contributed by atoms with Gasteiger partial charge in [-0.1, -0.05) is 42.5 Å². The van der Waals surface area contributed by atoms with E-state index in [1.807, 2.05) is 24.3 Å². The zero-order chi connectivity index (χ0) is 14.4. The topological polar surface area (TPSA) is 29.5 Å². The van der Waals surface area contributed by atoms with Gasteiger partial charge in [0.15, 0.2) is 0 Å². The number of nitrogens with zero attached hydrogens (tertiary/aromatic N) is 1. The number of likely N-dealkylation sites (N-methyl/N-ethyl adjacent to an activating group) is 1. The Hall–Kier alpha value is -2.13. The van der Waals surface area contributed by atoms with Gasteiger partial charge in [0.25, 0.3) is 0 Å². The molecule has 2 atom stereocenters. The van der Waals surface area contributed by atoms with Crippen LogP contribution in [0.2, 0.25) is 0 Å². The average Bonchev–Trinajstić information content (AvgIpc) is 2.85. The highest BCUT2D eigenvalue weighted by Crippen LogP contribution is 2.44. The number of esters is 1. The number of carbonyl (C=O) groups excluding carboxylic acids is 1. The number of hydrogen-bond donors (Lipinski definition) is 0. The molecule has 2 aliphatic rings. The normalized spacial score (nSPS) is 24.3. The van der Waals surface area contributed by atoms with Crippen LogP contribution in [0.15, 0.2) is 48.5 Å². The summed E-state index contributed by atoms with van der Waals surface area (Å²) in [6.45, 7) is 0.984. The first kappa shape index (κ1) is 12.6. The van der Waals surface area contributed by atoms with Crippen LogP contribution in [0.25, 0.3) is 0 Å². The van der Waals surface area contributed by atoms with E-state index >= 15 is 0 Å². The van der Waals surface area contributed by atoms with E-state index in [0.29, 0.717) is 5.56 Å². The monoisotopic (exact) mass is 279 g/mol. The molecule has 0 saturated heterocycles. The maximum atomic E-state index is 12.1. The Balaban J connectivity index is 1.83. The second-order valence-electron chi connectivity index (χ2n) is 5.79. The molecule has 0 spiro atoms. The lowest BCUT2D eigenvalue weighted by atomic mass is 9.87. The molecular weight excluding hydrogens is 262 g/mol. The molecular formula is C18H17NO2. The first-order valence-electron chi connectivity index (χ1n) is 7.33. The maximum absolute atomic E-state index is 12.1. The van der Waals surface area contributed by atoms with E-state index in [1.165, 1.54) is 11.1 Å². The number of ether oxygens (including phenoxy) is 1. The lowest BCUT2D eigenvalue weighted by molar-refractivity contribution is 0.00946. The fourth-order valence-electron chi connectivity index (χ4n) is 3.53. The number of benzene rings is 2. The van der Waals surface area contributed by atoms with Crippen molar-refractivity contribution in [3.05, 3.63) is 70.8 Å². The lowest BCUT2D eigenvalue weighted by Gasteiger charge is -2.37. The second-order valence-corrected chi connectivity index (χ2v) is 5.79. The zero-order valence-corrected chi connectivity index (χ0v) is 12.0. The third kappa shape index (κ3) is 1.88. The highest BCUT2D eigenvalue weighted by molar-refractivity contribution is 5.94. The summed E-state index contributed by atoms with van der Waals surface area (Å²) in [5, 5.41) is 0. The smallest absolute Gasteiger partial charge is 0.339 e. The Morgan fingerprint density at radius 1 is 1.05 bits per heavy atom. The predicted octanol–water partition coefficient (Wildman–Crippen LogP) is 3.13. The van der Waals surface area contributed by atoms with E-state index < -0.39 is 0 Å². The predicted molar refractivity (Wildman–Crippen MR) is 80.1 cm³/mol. The van der Waals surface area contributed by atoms with Gasteiger partial charge < -0.3 is 4.74 Å². The van der Waals surface area contributed by atoms with Crippen LogP contribution in [0.3, 0.4) is 0 Å². The van der Waals surface area contributed by atoms with Crippen molar-refractivity contribution in [1.82, 2.24) is 4.90 Å². The summed E-state index contributed by atoms with van der Waals surface area (Å²) < 4.78 is 5.72. The van der Waals surface area contributed by atoms with Crippen molar-refractivity contribution in [2.45, 2.75) is 18.6 Å². The Morgan fingerprint density at radius 2 is 1.76 bits per heavy atom. The standard InChI is InChI=1S/C18H17NO2/c1-19-11-10-12-6-2-3-7-13(12)16(19)17-14-8-4-5-9-15(14)18(20)21-17/h2-9,16-17H,10-11H2,1H3/t16-,17+/m1/s1. The van der Waals surface area contributed by atoms with E-state index in [0.717, 1.165) is 18.5 Å². The van der Waals surface area contributed by atoms with Crippen LogP contribution < -0.4 is 0 Å². The van der Waals surface area contributed by atoms with E-state index in [2.05, 4.69) is 36.2 Å². The van der Waals surface area contributed by atoms with Crippen molar-refractivity contribution in [3.63, 3.8) is 0 Å². The van der Waals surface area contributed by atoms with E-state index in [9.17, 15) is 4.79 Å². The van der Waals surface area contributed by atoms with Gasteiger partial charge in [0.1, 0.15) is 6.10 Å². The van der Waals surface area contributed by atoms with Crippen molar-refractivity contribution in [1.29, 1.82) is 0 Å². The maximum Gasteiger partial charge on any atom is 0.339 e. The Bertz CT molecular complexity index is 710.